The van der Waals surface area contributed by atoms with E-state index in [0.717, 1.165) is 30.5 Å². The molecular formula is C22H25N3O. The number of hydrogen-bond donors (Lipinski definition) is 2. The number of aromatic amines is 1. The van der Waals surface area contributed by atoms with Crippen LogP contribution in [0.5, 0.6) is 0 Å². The molecule has 2 aromatic carbocycles. The molecule has 0 fully saturated rings. The van der Waals surface area contributed by atoms with Crippen molar-refractivity contribution in [2.75, 3.05) is 0 Å². The Bertz CT molecular complexity index is 837. The van der Waals surface area contributed by atoms with Gasteiger partial charge < -0.3 is 5.32 Å². The number of hydrogen-bond acceptors (Lipinski definition) is 2. The molecule has 1 aromatic heterocycles. The van der Waals surface area contributed by atoms with Crippen molar-refractivity contribution in [2.45, 2.75) is 39.2 Å². The van der Waals surface area contributed by atoms with E-state index in [2.05, 4.69) is 46.7 Å². The highest BCUT2D eigenvalue weighted by Gasteiger charge is 2.17. The topological polar surface area (TPSA) is 57.8 Å². The van der Waals surface area contributed by atoms with Gasteiger partial charge in [0.05, 0.1) is 17.5 Å². The van der Waals surface area contributed by atoms with Crippen LogP contribution in [0.3, 0.4) is 0 Å². The van der Waals surface area contributed by atoms with Crippen LogP contribution >= 0.6 is 0 Å². The third-order valence-corrected chi connectivity index (χ3v) is 4.62. The van der Waals surface area contributed by atoms with Crippen LogP contribution in [0.1, 0.15) is 41.8 Å². The van der Waals surface area contributed by atoms with E-state index in [4.69, 9.17) is 0 Å². The standard InChI is InChI=1S/C22H25N3O/c1-3-17-11-13-19(14-12-17)21-20(15-23-25-21)22(26)24-16(2)9-10-18-7-5-4-6-8-18/h4-8,11-16H,3,9-10H2,1-2H3,(H,23,25)(H,24,26)/t16-/m0/s1. The minimum Gasteiger partial charge on any atom is -0.349 e. The van der Waals surface area contributed by atoms with Crippen molar-refractivity contribution in [1.29, 1.82) is 0 Å². The highest BCUT2D eigenvalue weighted by Crippen LogP contribution is 2.22. The Morgan fingerprint density at radius 1 is 1.08 bits per heavy atom. The van der Waals surface area contributed by atoms with Gasteiger partial charge in [0.1, 0.15) is 0 Å². The number of aryl methyl sites for hydroxylation is 2. The van der Waals surface area contributed by atoms with Gasteiger partial charge in [-0.05, 0) is 37.3 Å². The Morgan fingerprint density at radius 2 is 1.81 bits per heavy atom. The number of carbonyl (C=O) groups is 1. The van der Waals surface area contributed by atoms with Gasteiger partial charge in [0.2, 0.25) is 0 Å². The van der Waals surface area contributed by atoms with Crippen molar-refractivity contribution in [3.8, 4) is 11.3 Å². The van der Waals surface area contributed by atoms with Gasteiger partial charge in [0.25, 0.3) is 5.91 Å². The van der Waals surface area contributed by atoms with E-state index in [1.807, 2.05) is 37.3 Å². The minimum atomic E-state index is -0.0890. The lowest BCUT2D eigenvalue weighted by molar-refractivity contribution is 0.0939. The minimum absolute atomic E-state index is 0.0890. The molecular weight excluding hydrogens is 322 g/mol. The fourth-order valence-electron chi connectivity index (χ4n) is 2.99. The summed E-state index contributed by atoms with van der Waals surface area (Å²) < 4.78 is 0. The van der Waals surface area contributed by atoms with Gasteiger partial charge in [-0.3, -0.25) is 9.89 Å². The zero-order chi connectivity index (χ0) is 18.4. The molecule has 134 valence electrons. The van der Waals surface area contributed by atoms with Gasteiger partial charge in [0, 0.05) is 11.6 Å². The van der Waals surface area contributed by atoms with E-state index >= 15 is 0 Å². The number of amides is 1. The predicted molar refractivity (Wildman–Crippen MR) is 105 cm³/mol. The largest absolute Gasteiger partial charge is 0.349 e. The van der Waals surface area contributed by atoms with Crippen LogP contribution in [0, 0.1) is 0 Å². The van der Waals surface area contributed by atoms with Crippen LogP contribution < -0.4 is 5.32 Å². The van der Waals surface area contributed by atoms with Crippen LogP contribution in [-0.4, -0.2) is 22.1 Å². The summed E-state index contributed by atoms with van der Waals surface area (Å²) in [6.07, 6.45) is 4.44. The molecule has 0 aliphatic rings. The summed E-state index contributed by atoms with van der Waals surface area (Å²) in [4.78, 5) is 12.7. The normalized spacial score (nSPS) is 11.9. The maximum absolute atomic E-state index is 12.7. The number of benzene rings is 2. The van der Waals surface area contributed by atoms with E-state index < -0.39 is 0 Å². The van der Waals surface area contributed by atoms with Crippen LogP contribution in [-0.2, 0) is 12.8 Å². The fourth-order valence-corrected chi connectivity index (χ4v) is 2.99. The first-order valence-electron chi connectivity index (χ1n) is 9.15. The Hall–Kier alpha value is -2.88. The molecule has 0 radical (unpaired) electrons. The van der Waals surface area contributed by atoms with Gasteiger partial charge in [-0.25, -0.2) is 0 Å². The fraction of sp³-hybridized carbons (Fsp3) is 0.273. The molecule has 4 nitrogen and oxygen atoms in total. The van der Waals surface area contributed by atoms with Crippen molar-refractivity contribution in [3.63, 3.8) is 0 Å². The third kappa shape index (κ3) is 4.39. The zero-order valence-corrected chi connectivity index (χ0v) is 15.3. The summed E-state index contributed by atoms with van der Waals surface area (Å²) in [5.41, 5.74) is 4.88. The first kappa shape index (κ1) is 17.9. The molecule has 0 bridgehead atoms. The molecule has 3 rings (SSSR count). The van der Waals surface area contributed by atoms with Crippen molar-refractivity contribution in [2.24, 2.45) is 0 Å². The monoisotopic (exact) mass is 347 g/mol. The molecule has 0 saturated heterocycles. The Balaban J connectivity index is 1.64. The lowest BCUT2D eigenvalue weighted by Crippen LogP contribution is -2.33. The second-order valence-corrected chi connectivity index (χ2v) is 6.61. The van der Waals surface area contributed by atoms with Gasteiger partial charge >= 0.3 is 0 Å². The van der Waals surface area contributed by atoms with E-state index in [-0.39, 0.29) is 11.9 Å². The van der Waals surface area contributed by atoms with E-state index in [1.165, 1.54) is 11.1 Å². The molecule has 1 atom stereocenters. The molecule has 2 N–H and O–H groups in total. The molecule has 3 aromatic rings. The summed E-state index contributed by atoms with van der Waals surface area (Å²) in [5.74, 6) is -0.0890. The van der Waals surface area contributed by atoms with Crippen molar-refractivity contribution < 1.29 is 4.79 Å². The van der Waals surface area contributed by atoms with Crippen LogP contribution in [0.25, 0.3) is 11.3 Å². The predicted octanol–water partition coefficient (Wildman–Crippen LogP) is 4.39. The third-order valence-electron chi connectivity index (χ3n) is 4.62. The molecule has 26 heavy (non-hydrogen) atoms. The second kappa shape index (κ2) is 8.48. The van der Waals surface area contributed by atoms with Gasteiger partial charge in [-0.15, -0.1) is 0 Å². The van der Waals surface area contributed by atoms with Crippen molar-refractivity contribution >= 4 is 5.91 Å². The molecule has 0 saturated carbocycles. The number of nitrogens with one attached hydrogen (secondary N) is 2. The molecule has 0 spiro atoms. The highest BCUT2D eigenvalue weighted by atomic mass is 16.1. The quantitative estimate of drug-likeness (QED) is 0.666. The van der Waals surface area contributed by atoms with Crippen molar-refractivity contribution in [3.05, 3.63) is 77.5 Å². The number of aromatic nitrogens is 2. The summed E-state index contributed by atoms with van der Waals surface area (Å²) in [5, 5.41) is 10.1. The highest BCUT2D eigenvalue weighted by molar-refractivity contribution is 5.99. The zero-order valence-electron chi connectivity index (χ0n) is 15.3. The second-order valence-electron chi connectivity index (χ2n) is 6.61. The number of nitrogens with zero attached hydrogens (tertiary/aromatic N) is 1. The average molecular weight is 347 g/mol. The maximum atomic E-state index is 12.7. The van der Waals surface area contributed by atoms with Crippen molar-refractivity contribution in [1.82, 2.24) is 15.5 Å². The smallest absolute Gasteiger partial charge is 0.255 e. The molecule has 0 aliphatic carbocycles. The lowest BCUT2D eigenvalue weighted by Gasteiger charge is -2.14. The molecule has 0 unspecified atom stereocenters. The number of rotatable bonds is 7. The summed E-state index contributed by atoms with van der Waals surface area (Å²) in [7, 11) is 0. The summed E-state index contributed by atoms with van der Waals surface area (Å²) in [6, 6.07) is 18.6. The molecule has 1 amide bonds. The first-order chi connectivity index (χ1) is 12.7. The Morgan fingerprint density at radius 3 is 2.50 bits per heavy atom. The number of H-pyrrole nitrogens is 1. The molecule has 0 aliphatic heterocycles. The van der Waals surface area contributed by atoms with Gasteiger partial charge in [-0.1, -0.05) is 61.5 Å². The van der Waals surface area contributed by atoms with E-state index in [9.17, 15) is 4.79 Å². The summed E-state index contributed by atoms with van der Waals surface area (Å²) >= 11 is 0. The lowest BCUT2D eigenvalue weighted by atomic mass is 10.0. The van der Waals surface area contributed by atoms with E-state index in [1.54, 1.807) is 6.20 Å². The summed E-state index contributed by atoms with van der Waals surface area (Å²) in [6.45, 7) is 4.16. The van der Waals surface area contributed by atoms with Gasteiger partial charge in [0.15, 0.2) is 0 Å². The Kier molecular flexibility index (Phi) is 5.84. The van der Waals surface area contributed by atoms with Crippen LogP contribution in [0.4, 0.5) is 0 Å². The number of carbonyl (C=O) groups excluding carboxylic acids is 1. The Labute approximate surface area is 154 Å². The maximum Gasteiger partial charge on any atom is 0.255 e. The average Bonchev–Trinajstić information content (AvgIpc) is 3.17. The SMILES string of the molecule is CCc1ccc(-c2[nH]ncc2C(=O)N[C@@H](C)CCc2ccccc2)cc1. The molecule has 1 heterocycles. The van der Waals surface area contributed by atoms with Gasteiger partial charge in [-0.2, -0.15) is 5.10 Å². The van der Waals surface area contributed by atoms with E-state index in [0.29, 0.717) is 5.56 Å². The van der Waals surface area contributed by atoms with Crippen LogP contribution in [0.15, 0.2) is 60.8 Å². The molecule has 4 heteroatoms. The van der Waals surface area contributed by atoms with Crippen LogP contribution in [0.2, 0.25) is 0 Å². The first-order valence-corrected chi connectivity index (χ1v) is 9.15.